The second-order valence-electron chi connectivity index (χ2n) is 4.19. The molecule has 3 nitrogen and oxygen atoms in total. The Morgan fingerprint density at radius 2 is 2.29 bits per heavy atom. The number of hydrogen-bond acceptors (Lipinski definition) is 3. The highest BCUT2D eigenvalue weighted by Crippen LogP contribution is 2.49. The third-order valence-corrected chi connectivity index (χ3v) is 3.49. The molecule has 1 aliphatic rings. The Morgan fingerprint density at radius 1 is 1.64 bits per heavy atom. The van der Waals surface area contributed by atoms with Crippen LogP contribution in [0.15, 0.2) is 0 Å². The lowest BCUT2D eigenvalue weighted by atomic mass is 10.1. The summed E-state index contributed by atoms with van der Waals surface area (Å²) in [7, 11) is 1.65. The molecule has 1 amide bonds. The van der Waals surface area contributed by atoms with Gasteiger partial charge in [-0.25, -0.2) is 0 Å². The van der Waals surface area contributed by atoms with E-state index in [0.29, 0.717) is 13.0 Å². The van der Waals surface area contributed by atoms with E-state index in [1.807, 2.05) is 6.92 Å². The highest BCUT2D eigenvalue weighted by molar-refractivity contribution is 7.80. The van der Waals surface area contributed by atoms with Gasteiger partial charge in [0.05, 0.1) is 6.10 Å². The summed E-state index contributed by atoms with van der Waals surface area (Å²) >= 11 is 4.26. The Balaban J connectivity index is 2.16. The van der Waals surface area contributed by atoms with E-state index in [1.165, 1.54) is 0 Å². The lowest BCUT2D eigenvalue weighted by Gasteiger charge is -2.14. The Morgan fingerprint density at radius 3 is 2.71 bits per heavy atom. The fourth-order valence-corrected chi connectivity index (χ4v) is 1.74. The molecule has 0 aromatic heterocycles. The summed E-state index contributed by atoms with van der Waals surface area (Å²) in [5.74, 6) is 0.945. The van der Waals surface area contributed by atoms with Crippen molar-refractivity contribution in [3.8, 4) is 0 Å². The number of carbonyl (C=O) groups is 1. The zero-order chi connectivity index (χ0) is 10.6. The summed E-state index contributed by atoms with van der Waals surface area (Å²) in [6, 6.07) is 0. The van der Waals surface area contributed by atoms with Crippen LogP contribution >= 0.6 is 12.6 Å². The first-order valence-corrected chi connectivity index (χ1v) is 5.65. The minimum absolute atomic E-state index is 0.0881. The van der Waals surface area contributed by atoms with Crippen molar-refractivity contribution >= 4 is 18.5 Å². The fraction of sp³-hybridized carbons (Fsp3) is 0.900. The van der Waals surface area contributed by atoms with Crippen LogP contribution in [0.2, 0.25) is 0 Å². The van der Waals surface area contributed by atoms with Gasteiger partial charge in [0.15, 0.2) is 0 Å². The maximum absolute atomic E-state index is 11.5. The Hall–Kier alpha value is -0.220. The Kier molecular flexibility index (Phi) is 4.26. The van der Waals surface area contributed by atoms with Gasteiger partial charge in [-0.05, 0) is 30.9 Å². The molecule has 1 unspecified atom stereocenters. The number of ether oxygens (including phenoxy) is 1. The molecule has 1 saturated carbocycles. The van der Waals surface area contributed by atoms with Crippen molar-refractivity contribution in [1.29, 1.82) is 0 Å². The van der Waals surface area contributed by atoms with Crippen LogP contribution in [0, 0.1) is 5.41 Å². The van der Waals surface area contributed by atoms with Crippen LogP contribution < -0.4 is 5.32 Å². The number of amides is 1. The molecule has 0 aromatic rings. The largest absolute Gasteiger partial charge is 0.380 e. The highest BCUT2D eigenvalue weighted by atomic mass is 32.1. The average molecular weight is 217 g/mol. The molecule has 4 heteroatoms. The molecule has 0 radical (unpaired) electrons. The van der Waals surface area contributed by atoms with Crippen molar-refractivity contribution in [3.63, 3.8) is 0 Å². The quantitative estimate of drug-likeness (QED) is 0.657. The molecule has 0 aromatic carbocycles. The van der Waals surface area contributed by atoms with Crippen molar-refractivity contribution in [2.75, 3.05) is 19.4 Å². The molecule has 0 bridgehead atoms. The van der Waals surface area contributed by atoms with Crippen LogP contribution in [0.25, 0.3) is 0 Å². The normalized spacial score (nSPS) is 20.2. The smallest absolute Gasteiger partial charge is 0.220 e. The van der Waals surface area contributed by atoms with Crippen LogP contribution in [0.5, 0.6) is 0 Å². The predicted octanol–water partition coefficient (Wildman–Crippen LogP) is 1.24. The van der Waals surface area contributed by atoms with Gasteiger partial charge < -0.3 is 10.1 Å². The number of hydrogen-bond donors (Lipinski definition) is 2. The van der Waals surface area contributed by atoms with Crippen LogP contribution in [0.1, 0.15) is 26.2 Å². The van der Waals surface area contributed by atoms with E-state index >= 15 is 0 Å². The SMILES string of the molecule is COC(C)CNC(=O)CC1(CS)CC1. The van der Waals surface area contributed by atoms with Gasteiger partial charge in [-0.3, -0.25) is 4.79 Å². The monoisotopic (exact) mass is 217 g/mol. The molecular weight excluding hydrogens is 198 g/mol. The Bertz CT molecular complexity index is 204. The van der Waals surface area contributed by atoms with E-state index in [9.17, 15) is 4.79 Å². The van der Waals surface area contributed by atoms with Crippen molar-refractivity contribution in [2.45, 2.75) is 32.3 Å². The van der Waals surface area contributed by atoms with Crippen LogP contribution in [0.3, 0.4) is 0 Å². The fourth-order valence-electron chi connectivity index (χ4n) is 1.31. The van der Waals surface area contributed by atoms with Crippen molar-refractivity contribution < 1.29 is 9.53 Å². The standard InChI is InChI=1S/C10H19NO2S/c1-8(13-2)6-11-9(12)5-10(7-14)3-4-10/h8,14H,3-7H2,1-2H3,(H,11,12). The van der Waals surface area contributed by atoms with Crippen LogP contribution in [-0.4, -0.2) is 31.4 Å². The van der Waals surface area contributed by atoms with E-state index in [1.54, 1.807) is 7.11 Å². The molecule has 1 fully saturated rings. The minimum Gasteiger partial charge on any atom is -0.380 e. The maximum atomic E-state index is 11.5. The first kappa shape index (κ1) is 11.9. The van der Waals surface area contributed by atoms with Gasteiger partial charge in [-0.15, -0.1) is 0 Å². The molecule has 0 aliphatic heterocycles. The van der Waals surface area contributed by atoms with Gasteiger partial charge in [0.1, 0.15) is 0 Å². The molecule has 1 N–H and O–H groups in total. The van der Waals surface area contributed by atoms with Gasteiger partial charge in [-0.2, -0.15) is 12.6 Å². The molecular formula is C10H19NO2S. The summed E-state index contributed by atoms with van der Waals surface area (Å²) in [6.45, 7) is 2.53. The van der Waals surface area contributed by atoms with E-state index in [0.717, 1.165) is 18.6 Å². The second-order valence-corrected chi connectivity index (χ2v) is 4.50. The molecule has 0 heterocycles. The number of methoxy groups -OCH3 is 1. The summed E-state index contributed by atoms with van der Waals surface area (Å²) in [5, 5.41) is 2.87. The summed E-state index contributed by atoms with van der Waals surface area (Å²) in [6.07, 6.45) is 2.99. The molecule has 0 saturated heterocycles. The highest BCUT2D eigenvalue weighted by Gasteiger charge is 2.42. The first-order chi connectivity index (χ1) is 6.62. The third-order valence-electron chi connectivity index (χ3n) is 2.82. The Labute approximate surface area is 91.0 Å². The van der Waals surface area contributed by atoms with E-state index in [4.69, 9.17) is 4.74 Å². The van der Waals surface area contributed by atoms with Gasteiger partial charge in [-0.1, -0.05) is 0 Å². The average Bonchev–Trinajstić information content (AvgIpc) is 2.95. The first-order valence-electron chi connectivity index (χ1n) is 5.02. The topological polar surface area (TPSA) is 38.3 Å². The van der Waals surface area contributed by atoms with Gasteiger partial charge >= 0.3 is 0 Å². The van der Waals surface area contributed by atoms with Crippen molar-refractivity contribution in [1.82, 2.24) is 5.32 Å². The third kappa shape index (κ3) is 3.50. The number of thiol groups is 1. The number of rotatable bonds is 6. The summed E-state index contributed by atoms with van der Waals surface area (Å²) in [4.78, 5) is 11.5. The van der Waals surface area contributed by atoms with Crippen LogP contribution in [-0.2, 0) is 9.53 Å². The lowest BCUT2D eigenvalue weighted by molar-refractivity contribution is -0.122. The summed E-state index contributed by atoms with van der Waals surface area (Å²) < 4.78 is 5.04. The zero-order valence-corrected chi connectivity index (χ0v) is 9.77. The molecule has 1 aliphatic carbocycles. The van der Waals surface area contributed by atoms with Crippen LogP contribution in [0.4, 0.5) is 0 Å². The van der Waals surface area contributed by atoms with E-state index in [-0.39, 0.29) is 17.4 Å². The van der Waals surface area contributed by atoms with Gasteiger partial charge in [0.25, 0.3) is 0 Å². The van der Waals surface area contributed by atoms with Crippen molar-refractivity contribution in [2.24, 2.45) is 5.41 Å². The predicted molar refractivity (Wildman–Crippen MR) is 59.6 cm³/mol. The number of nitrogens with one attached hydrogen (secondary N) is 1. The molecule has 14 heavy (non-hydrogen) atoms. The molecule has 1 atom stereocenters. The summed E-state index contributed by atoms with van der Waals surface area (Å²) in [5.41, 5.74) is 0.212. The maximum Gasteiger partial charge on any atom is 0.220 e. The van der Waals surface area contributed by atoms with E-state index < -0.39 is 0 Å². The molecule has 1 rings (SSSR count). The molecule has 0 spiro atoms. The number of carbonyl (C=O) groups excluding carboxylic acids is 1. The minimum atomic E-state index is 0.0881. The zero-order valence-electron chi connectivity index (χ0n) is 8.88. The van der Waals surface area contributed by atoms with Gasteiger partial charge in [0.2, 0.25) is 5.91 Å². The van der Waals surface area contributed by atoms with Gasteiger partial charge in [0, 0.05) is 20.1 Å². The molecule has 82 valence electrons. The van der Waals surface area contributed by atoms with E-state index in [2.05, 4.69) is 17.9 Å². The lowest BCUT2D eigenvalue weighted by Crippen LogP contribution is -2.33. The second kappa shape index (κ2) is 5.03. The van der Waals surface area contributed by atoms with Crippen molar-refractivity contribution in [3.05, 3.63) is 0 Å².